The van der Waals surface area contributed by atoms with E-state index in [-0.39, 0.29) is 0 Å². The summed E-state index contributed by atoms with van der Waals surface area (Å²) in [6.07, 6.45) is 2.43. The molecule has 1 saturated heterocycles. The topological polar surface area (TPSA) is 12.0 Å². The standard InChI is InChI=1S/C14H20ClN/c1-11(2)14(6-8-16-9-7-14)12-4-3-5-13(15)10-12/h3-5,10-11,16H,6-9H2,1-2H3. The first kappa shape index (κ1) is 11.9. The minimum atomic E-state index is 0.316. The van der Waals surface area contributed by atoms with Crippen molar-refractivity contribution in [3.8, 4) is 0 Å². The maximum atomic E-state index is 6.12. The zero-order valence-corrected chi connectivity index (χ0v) is 10.8. The summed E-state index contributed by atoms with van der Waals surface area (Å²) in [5.74, 6) is 0.660. The Morgan fingerprint density at radius 3 is 2.50 bits per heavy atom. The molecule has 0 aliphatic carbocycles. The van der Waals surface area contributed by atoms with Crippen molar-refractivity contribution >= 4 is 11.6 Å². The number of hydrogen-bond acceptors (Lipinski definition) is 1. The zero-order chi connectivity index (χ0) is 11.6. The van der Waals surface area contributed by atoms with Crippen LogP contribution in [0.4, 0.5) is 0 Å². The summed E-state index contributed by atoms with van der Waals surface area (Å²) in [7, 11) is 0. The van der Waals surface area contributed by atoms with E-state index < -0.39 is 0 Å². The van der Waals surface area contributed by atoms with Crippen LogP contribution in [0.1, 0.15) is 32.3 Å². The molecule has 2 heteroatoms. The average Bonchev–Trinajstić information content (AvgIpc) is 2.30. The lowest BCUT2D eigenvalue weighted by Crippen LogP contribution is -2.43. The highest BCUT2D eigenvalue weighted by Gasteiger charge is 2.36. The van der Waals surface area contributed by atoms with Gasteiger partial charge in [-0.25, -0.2) is 0 Å². The van der Waals surface area contributed by atoms with Gasteiger partial charge in [0.1, 0.15) is 0 Å². The van der Waals surface area contributed by atoms with Gasteiger partial charge in [-0.05, 0) is 49.5 Å². The van der Waals surface area contributed by atoms with E-state index in [1.165, 1.54) is 18.4 Å². The molecule has 0 saturated carbocycles. The van der Waals surface area contributed by atoms with E-state index in [9.17, 15) is 0 Å². The molecule has 1 aromatic carbocycles. The van der Waals surface area contributed by atoms with Gasteiger partial charge in [-0.1, -0.05) is 37.6 Å². The van der Waals surface area contributed by atoms with E-state index >= 15 is 0 Å². The SMILES string of the molecule is CC(C)C1(c2cccc(Cl)c2)CCNCC1. The van der Waals surface area contributed by atoms with Crippen LogP contribution in [-0.2, 0) is 5.41 Å². The Morgan fingerprint density at radius 1 is 1.25 bits per heavy atom. The van der Waals surface area contributed by atoms with E-state index in [0.717, 1.165) is 18.1 Å². The van der Waals surface area contributed by atoms with Crippen LogP contribution in [0.3, 0.4) is 0 Å². The number of hydrogen-bond donors (Lipinski definition) is 1. The minimum absolute atomic E-state index is 0.316. The van der Waals surface area contributed by atoms with Gasteiger partial charge in [-0.2, -0.15) is 0 Å². The summed E-state index contributed by atoms with van der Waals surface area (Å²) >= 11 is 6.12. The first-order chi connectivity index (χ1) is 7.65. The van der Waals surface area contributed by atoms with Gasteiger partial charge in [-0.15, -0.1) is 0 Å². The van der Waals surface area contributed by atoms with Crippen LogP contribution in [0.2, 0.25) is 5.02 Å². The molecule has 1 heterocycles. The van der Waals surface area contributed by atoms with Gasteiger partial charge >= 0.3 is 0 Å². The first-order valence-corrected chi connectivity index (χ1v) is 6.50. The number of rotatable bonds is 2. The Morgan fingerprint density at radius 2 is 1.94 bits per heavy atom. The van der Waals surface area contributed by atoms with Crippen molar-refractivity contribution in [2.24, 2.45) is 5.92 Å². The van der Waals surface area contributed by atoms with Crippen LogP contribution >= 0.6 is 11.6 Å². The fourth-order valence-corrected chi connectivity index (χ4v) is 3.06. The normalized spacial score (nSPS) is 20.0. The number of halogens is 1. The monoisotopic (exact) mass is 237 g/mol. The van der Waals surface area contributed by atoms with Crippen LogP contribution in [-0.4, -0.2) is 13.1 Å². The van der Waals surface area contributed by atoms with Gasteiger partial charge in [0.05, 0.1) is 0 Å². The highest BCUT2D eigenvalue weighted by atomic mass is 35.5. The van der Waals surface area contributed by atoms with Crippen molar-refractivity contribution in [1.82, 2.24) is 5.32 Å². The zero-order valence-electron chi connectivity index (χ0n) is 10.1. The third-order valence-electron chi connectivity index (χ3n) is 4.00. The summed E-state index contributed by atoms with van der Waals surface area (Å²) in [6, 6.07) is 8.41. The largest absolute Gasteiger partial charge is 0.317 e. The van der Waals surface area contributed by atoms with E-state index in [0.29, 0.717) is 11.3 Å². The van der Waals surface area contributed by atoms with Crippen LogP contribution in [0.15, 0.2) is 24.3 Å². The van der Waals surface area contributed by atoms with Gasteiger partial charge in [0.25, 0.3) is 0 Å². The van der Waals surface area contributed by atoms with Crippen LogP contribution in [0.5, 0.6) is 0 Å². The molecule has 0 spiro atoms. The second-order valence-corrected chi connectivity index (χ2v) is 5.51. The Hall–Kier alpha value is -0.530. The van der Waals surface area contributed by atoms with E-state index in [2.05, 4.69) is 37.4 Å². The van der Waals surface area contributed by atoms with E-state index in [4.69, 9.17) is 11.6 Å². The molecule has 88 valence electrons. The molecule has 1 nitrogen and oxygen atoms in total. The molecular weight excluding hydrogens is 218 g/mol. The molecule has 1 aliphatic rings. The quantitative estimate of drug-likeness (QED) is 0.829. The summed E-state index contributed by atoms with van der Waals surface area (Å²) < 4.78 is 0. The van der Waals surface area contributed by atoms with Gasteiger partial charge in [0.15, 0.2) is 0 Å². The Kier molecular flexibility index (Phi) is 3.56. The van der Waals surface area contributed by atoms with Crippen molar-refractivity contribution in [3.63, 3.8) is 0 Å². The van der Waals surface area contributed by atoms with Crippen LogP contribution < -0.4 is 5.32 Å². The highest BCUT2D eigenvalue weighted by molar-refractivity contribution is 6.30. The van der Waals surface area contributed by atoms with Crippen molar-refractivity contribution in [2.75, 3.05) is 13.1 Å². The summed E-state index contributed by atoms with van der Waals surface area (Å²) in [6.45, 7) is 6.88. The molecule has 0 amide bonds. The lowest BCUT2D eigenvalue weighted by molar-refractivity contribution is 0.228. The number of nitrogens with one attached hydrogen (secondary N) is 1. The number of piperidine rings is 1. The second kappa shape index (κ2) is 4.77. The van der Waals surface area contributed by atoms with Crippen molar-refractivity contribution in [2.45, 2.75) is 32.1 Å². The third-order valence-corrected chi connectivity index (χ3v) is 4.24. The molecule has 16 heavy (non-hydrogen) atoms. The van der Waals surface area contributed by atoms with Crippen molar-refractivity contribution in [3.05, 3.63) is 34.9 Å². The summed E-state index contributed by atoms with van der Waals surface area (Å²) in [4.78, 5) is 0. The Labute approximate surface area is 103 Å². The van der Waals surface area contributed by atoms with Crippen LogP contribution in [0.25, 0.3) is 0 Å². The Bertz CT molecular complexity index is 354. The van der Waals surface area contributed by atoms with Crippen molar-refractivity contribution in [1.29, 1.82) is 0 Å². The van der Waals surface area contributed by atoms with E-state index in [1.807, 2.05) is 6.07 Å². The molecule has 0 atom stereocenters. The predicted molar refractivity (Wildman–Crippen MR) is 70.1 cm³/mol. The molecule has 1 fully saturated rings. The van der Waals surface area contributed by atoms with Gasteiger partial charge in [0.2, 0.25) is 0 Å². The first-order valence-electron chi connectivity index (χ1n) is 6.12. The van der Waals surface area contributed by atoms with E-state index in [1.54, 1.807) is 0 Å². The minimum Gasteiger partial charge on any atom is -0.317 e. The molecule has 0 unspecified atom stereocenters. The highest BCUT2D eigenvalue weighted by Crippen LogP contribution is 2.40. The fourth-order valence-electron chi connectivity index (χ4n) is 2.87. The van der Waals surface area contributed by atoms with Gasteiger partial charge < -0.3 is 5.32 Å². The Balaban J connectivity index is 2.38. The lowest BCUT2D eigenvalue weighted by atomic mass is 9.66. The fraction of sp³-hybridized carbons (Fsp3) is 0.571. The summed E-state index contributed by atoms with van der Waals surface area (Å²) in [5, 5.41) is 4.30. The predicted octanol–water partition coefficient (Wildman–Crippen LogP) is 3.62. The lowest BCUT2D eigenvalue weighted by Gasteiger charge is -2.42. The molecule has 0 radical (unpaired) electrons. The van der Waals surface area contributed by atoms with Crippen molar-refractivity contribution < 1.29 is 0 Å². The molecular formula is C14H20ClN. The molecule has 0 bridgehead atoms. The maximum Gasteiger partial charge on any atom is 0.0408 e. The second-order valence-electron chi connectivity index (χ2n) is 5.07. The molecule has 1 aromatic rings. The maximum absolute atomic E-state index is 6.12. The number of benzene rings is 1. The molecule has 1 N–H and O–H groups in total. The average molecular weight is 238 g/mol. The van der Waals surface area contributed by atoms with Crippen LogP contribution in [0, 0.1) is 5.92 Å². The third kappa shape index (κ3) is 2.11. The molecule has 0 aromatic heterocycles. The molecule has 2 rings (SSSR count). The smallest absolute Gasteiger partial charge is 0.0408 e. The summed E-state index contributed by atoms with van der Waals surface area (Å²) in [5.41, 5.74) is 1.73. The van der Waals surface area contributed by atoms with Gasteiger partial charge in [0, 0.05) is 10.4 Å². The van der Waals surface area contributed by atoms with Gasteiger partial charge in [-0.3, -0.25) is 0 Å². The molecule has 1 aliphatic heterocycles.